The molecule has 0 unspecified atom stereocenters. The minimum Gasteiger partial charge on any atom is -0.311 e. The minimum absolute atomic E-state index is 0.0149. The fourth-order valence-corrected chi connectivity index (χ4v) is 11.6. The van der Waals surface area contributed by atoms with Crippen molar-refractivity contribution in [3.05, 3.63) is 119 Å². The Morgan fingerprint density at radius 2 is 1.14 bits per heavy atom. The van der Waals surface area contributed by atoms with Crippen LogP contribution in [0.5, 0.6) is 0 Å². The Hall–Kier alpha value is -4.31. The fourth-order valence-electron chi connectivity index (χ4n) is 11.6. The van der Waals surface area contributed by atoms with Crippen LogP contribution in [0, 0.1) is 5.92 Å². The van der Waals surface area contributed by atoms with Gasteiger partial charge in [0.05, 0.1) is 0 Å². The van der Waals surface area contributed by atoms with Gasteiger partial charge >= 0.3 is 0 Å². The summed E-state index contributed by atoms with van der Waals surface area (Å²) < 4.78 is 0. The third-order valence-electron chi connectivity index (χ3n) is 15.5. The van der Waals surface area contributed by atoms with Crippen LogP contribution in [0.15, 0.2) is 91.1 Å². The second kappa shape index (κ2) is 12.4. The molecule has 2 aliphatic heterocycles. The zero-order valence-corrected chi connectivity index (χ0v) is 36.3. The van der Waals surface area contributed by atoms with Gasteiger partial charge in [0.15, 0.2) is 0 Å². The first kappa shape index (κ1) is 37.0. The zero-order chi connectivity index (χ0) is 39.9. The van der Waals surface area contributed by atoms with Gasteiger partial charge in [-0.15, -0.1) is 0 Å². The molecule has 0 atom stereocenters. The van der Waals surface area contributed by atoms with Crippen LogP contribution in [0.2, 0.25) is 0 Å². The molecule has 0 spiro atoms. The molecule has 1 aromatic heterocycles. The number of nitrogens with zero attached hydrogens (tertiary/aromatic N) is 3. The van der Waals surface area contributed by atoms with E-state index in [2.05, 4.69) is 170 Å². The first-order valence-corrected chi connectivity index (χ1v) is 22.1. The molecule has 3 nitrogen and oxygen atoms in total. The van der Waals surface area contributed by atoms with Gasteiger partial charge < -0.3 is 4.90 Å². The van der Waals surface area contributed by atoms with Crippen molar-refractivity contribution in [1.82, 2.24) is 4.98 Å². The van der Waals surface area contributed by atoms with E-state index in [4.69, 9.17) is 4.98 Å². The maximum Gasteiger partial charge on any atom is 0.254 e. The summed E-state index contributed by atoms with van der Waals surface area (Å²) in [6.07, 6.45) is 12.6. The highest BCUT2D eigenvalue weighted by Gasteiger charge is 2.47. The highest BCUT2D eigenvalue weighted by Crippen LogP contribution is 2.53. The molecular weight excluding hydrogens is 689 g/mol. The van der Waals surface area contributed by atoms with Gasteiger partial charge in [0.1, 0.15) is 5.82 Å². The predicted octanol–water partition coefficient (Wildman–Crippen LogP) is 12.3. The summed E-state index contributed by atoms with van der Waals surface area (Å²) in [6, 6.07) is 34.1. The maximum atomic E-state index is 5.37. The van der Waals surface area contributed by atoms with Crippen molar-refractivity contribution in [2.24, 2.45) is 5.92 Å². The molecule has 4 heteroatoms. The van der Waals surface area contributed by atoms with Crippen molar-refractivity contribution in [1.29, 1.82) is 0 Å². The van der Waals surface area contributed by atoms with Gasteiger partial charge in [0, 0.05) is 34.6 Å². The average molecular weight is 752 g/mol. The summed E-state index contributed by atoms with van der Waals surface area (Å²) in [7, 11) is 0. The first-order chi connectivity index (χ1) is 27.0. The molecule has 3 saturated carbocycles. The maximum absolute atomic E-state index is 5.37. The normalized spacial score (nSPS) is 22.8. The first-order valence-electron chi connectivity index (χ1n) is 22.1. The molecule has 11 rings (SSSR count). The highest BCUT2D eigenvalue weighted by molar-refractivity contribution is 7.00. The molecule has 5 aromatic rings. The van der Waals surface area contributed by atoms with E-state index in [-0.39, 0.29) is 28.4 Å². The fraction of sp³-hybridized carbons (Fsp3) is 0.453. The smallest absolute Gasteiger partial charge is 0.254 e. The Balaban J connectivity index is 1.25. The van der Waals surface area contributed by atoms with E-state index in [9.17, 15) is 0 Å². The molecular formula is C53H62BN3. The third kappa shape index (κ3) is 5.70. The molecule has 6 aliphatic rings. The predicted molar refractivity (Wildman–Crippen MR) is 244 cm³/mol. The van der Waals surface area contributed by atoms with Crippen molar-refractivity contribution >= 4 is 57.4 Å². The molecule has 292 valence electrons. The monoisotopic (exact) mass is 752 g/mol. The molecule has 4 aromatic carbocycles. The molecule has 2 bridgehead atoms. The highest BCUT2D eigenvalue weighted by atomic mass is 15.2. The summed E-state index contributed by atoms with van der Waals surface area (Å²) in [6.45, 7) is 23.8. The van der Waals surface area contributed by atoms with Crippen molar-refractivity contribution in [3.63, 3.8) is 0 Å². The summed E-state index contributed by atoms with van der Waals surface area (Å²) in [4.78, 5) is 10.5. The van der Waals surface area contributed by atoms with Crippen molar-refractivity contribution < 1.29 is 0 Å². The van der Waals surface area contributed by atoms with E-state index in [1.165, 1.54) is 113 Å². The van der Waals surface area contributed by atoms with Crippen molar-refractivity contribution in [2.75, 3.05) is 9.80 Å². The van der Waals surface area contributed by atoms with Crippen LogP contribution in [0.3, 0.4) is 0 Å². The van der Waals surface area contributed by atoms with Crippen LogP contribution in [0.4, 0.5) is 34.3 Å². The number of pyridine rings is 1. The molecule has 57 heavy (non-hydrogen) atoms. The van der Waals surface area contributed by atoms with Crippen LogP contribution in [0.1, 0.15) is 148 Å². The number of hydrogen-bond acceptors (Lipinski definition) is 3. The molecule has 0 N–H and O–H groups in total. The number of aromatic nitrogens is 1. The topological polar surface area (TPSA) is 19.4 Å². The molecule has 3 heterocycles. The molecule has 0 saturated heterocycles. The largest absolute Gasteiger partial charge is 0.311 e. The average Bonchev–Trinajstić information content (AvgIpc) is 3.19. The lowest BCUT2D eigenvalue weighted by Gasteiger charge is -2.48. The van der Waals surface area contributed by atoms with Crippen LogP contribution in [-0.4, -0.2) is 11.7 Å². The number of rotatable bonds is 3. The van der Waals surface area contributed by atoms with Gasteiger partial charge in [-0.3, -0.25) is 4.90 Å². The number of fused-ring (bicyclic) bond motifs is 8. The Morgan fingerprint density at radius 1 is 0.561 bits per heavy atom. The zero-order valence-electron chi connectivity index (χ0n) is 36.3. The van der Waals surface area contributed by atoms with Gasteiger partial charge in [0.25, 0.3) is 6.71 Å². The van der Waals surface area contributed by atoms with E-state index < -0.39 is 0 Å². The minimum atomic E-state index is 0.0149. The van der Waals surface area contributed by atoms with Crippen molar-refractivity contribution in [3.8, 4) is 0 Å². The Bertz CT molecular complexity index is 2400. The third-order valence-corrected chi connectivity index (χ3v) is 15.5. The van der Waals surface area contributed by atoms with Crippen molar-refractivity contribution in [2.45, 2.75) is 148 Å². The number of benzene rings is 4. The van der Waals surface area contributed by atoms with Gasteiger partial charge in [-0.05, 0) is 171 Å². The Morgan fingerprint density at radius 3 is 1.81 bits per heavy atom. The van der Waals surface area contributed by atoms with Gasteiger partial charge in [0.2, 0.25) is 0 Å². The SMILES string of the molecule is CC(C)(C)c1ccc(N2c3ccc(C(C)(C)C)cc3B3c4cc(C56CCC(CC5)CC6)ccc4N(c4ccc5c(c4)C(C)(C)CCC5(C)C)c4ccnc2c43)cc1. The summed E-state index contributed by atoms with van der Waals surface area (Å²) in [5, 5.41) is 0. The van der Waals surface area contributed by atoms with E-state index in [0.717, 1.165) is 17.4 Å². The molecule has 4 aliphatic carbocycles. The Kier molecular flexibility index (Phi) is 8.02. The number of hydrogen-bond donors (Lipinski definition) is 0. The van der Waals surface area contributed by atoms with E-state index >= 15 is 0 Å². The standard InChI is InChI=1S/C53H62BN3/c1-49(2,3)35-11-15-38(16-12-35)57-45-19-13-36(50(4,5)6)31-42(45)54-43-32-37(53-25-21-34(22-26-53)23-27-53)14-20-44(43)56(46-24-30-55-48(57)47(46)54)39-17-18-40-41(33-39)52(9,10)29-28-51(40,7)8/h11-20,24,30-34H,21-23,25-29H2,1-10H3. The summed E-state index contributed by atoms with van der Waals surface area (Å²) in [5.74, 6) is 1.98. The summed E-state index contributed by atoms with van der Waals surface area (Å²) in [5.41, 5.74) is 18.3. The second-order valence-corrected chi connectivity index (χ2v) is 22.0. The molecule has 0 radical (unpaired) electrons. The van der Waals surface area contributed by atoms with Gasteiger partial charge in [-0.1, -0.05) is 112 Å². The lowest BCUT2D eigenvalue weighted by molar-refractivity contribution is 0.136. The van der Waals surface area contributed by atoms with Crippen LogP contribution >= 0.6 is 0 Å². The van der Waals surface area contributed by atoms with E-state index in [1.807, 2.05) is 0 Å². The van der Waals surface area contributed by atoms with Crippen LogP contribution in [-0.2, 0) is 27.1 Å². The second-order valence-electron chi connectivity index (χ2n) is 22.0. The number of anilines is 6. The molecule has 0 amide bonds. The van der Waals surface area contributed by atoms with Crippen LogP contribution in [0.25, 0.3) is 0 Å². The molecule has 3 fully saturated rings. The Labute approximate surface area is 343 Å². The summed E-state index contributed by atoms with van der Waals surface area (Å²) >= 11 is 0. The van der Waals surface area contributed by atoms with Gasteiger partial charge in [-0.25, -0.2) is 4.98 Å². The quantitative estimate of drug-likeness (QED) is 0.168. The lowest BCUT2D eigenvalue weighted by Crippen LogP contribution is -2.62. The van der Waals surface area contributed by atoms with Crippen LogP contribution < -0.4 is 26.2 Å². The van der Waals surface area contributed by atoms with E-state index in [0.29, 0.717) is 5.41 Å². The lowest BCUT2D eigenvalue weighted by atomic mass is 9.33. The van der Waals surface area contributed by atoms with Gasteiger partial charge in [-0.2, -0.15) is 0 Å². The van der Waals surface area contributed by atoms with E-state index in [1.54, 1.807) is 5.56 Å².